The molecule has 0 bridgehead atoms. The Morgan fingerprint density at radius 3 is 2.38 bits per heavy atom. The number of hydrogen-bond acceptors (Lipinski definition) is 3. The minimum absolute atomic E-state index is 0.0678. The van der Waals surface area contributed by atoms with Gasteiger partial charge in [0.15, 0.2) is 0 Å². The highest BCUT2D eigenvalue weighted by Gasteiger charge is 2.18. The number of ether oxygens (including phenoxy) is 1. The van der Waals surface area contributed by atoms with E-state index in [2.05, 4.69) is 22.3 Å². The Morgan fingerprint density at radius 1 is 1.08 bits per heavy atom. The number of hydrogen-bond donors (Lipinski definition) is 1. The number of carbonyl (C=O) groups excluding carboxylic acids is 1. The summed E-state index contributed by atoms with van der Waals surface area (Å²) in [7, 11) is 1.78. The Kier molecular flexibility index (Phi) is 5.16. The number of carbonyl (C=O) groups is 1. The van der Waals surface area contributed by atoms with Crippen LogP contribution in [0.25, 0.3) is 0 Å². The normalized spacial score (nSPS) is 15.3. The van der Waals surface area contributed by atoms with Crippen LogP contribution in [-0.4, -0.2) is 32.2 Å². The lowest BCUT2D eigenvalue weighted by atomic mass is 10.1. The summed E-state index contributed by atoms with van der Waals surface area (Å²) in [6, 6.07) is 15.7. The molecule has 0 radical (unpaired) electrons. The third-order valence-corrected chi connectivity index (χ3v) is 4.66. The minimum Gasteiger partial charge on any atom is -0.381 e. The first kappa shape index (κ1) is 16.5. The molecule has 0 unspecified atom stereocenters. The number of aryl methyl sites for hydroxylation is 1. The molecule has 0 aromatic heterocycles. The fourth-order valence-corrected chi connectivity index (χ4v) is 3.13. The van der Waals surface area contributed by atoms with E-state index in [-0.39, 0.29) is 5.91 Å². The van der Waals surface area contributed by atoms with Gasteiger partial charge >= 0.3 is 0 Å². The van der Waals surface area contributed by atoms with Crippen molar-refractivity contribution in [1.29, 1.82) is 0 Å². The van der Waals surface area contributed by atoms with Crippen molar-refractivity contribution in [1.82, 2.24) is 0 Å². The summed E-state index contributed by atoms with van der Waals surface area (Å²) in [5, 5.41) is 2.97. The van der Waals surface area contributed by atoms with Gasteiger partial charge < -0.3 is 15.0 Å². The summed E-state index contributed by atoms with van der Waals surface area (Å²) >= 11 is 0. The highest BCUT2D eigenvalue weighted by Crippen LogP contribution is 2.23. The Bertz CT molecular complexity index is 689. The highest BCUT2D eigenvalue weighted by atomic mass is 16.5. The van der Waals surface area contributed by atoms with Gasteiger partial charge in [0, 0.05) is 37.1 Å². The fourth-order valence-electron chi connectivity index (χ4n) is 3.13. The zero-order valence-electron chi connectivity index (χ0n) is 14.3. The lowest BCUT2D eigenvalue weighted by Crippen LogP contribution is -2.36. The van der Waals surface area contributed by atoms with Crippen molar-refractivity contribution >= 4 is 17.3 Å². The van der Waals surface area contributed by atoms with Gasteiger partial charge in [0.2, 0.25) is 0 Å². The van der Waals surface area contributed by atoms with Crippen molar-refractivity contribution in [2.75, 3.05) is 30.4 Å². The Balaban J connectivity index is 1.63. The van der Waals surface area contributed by atoms with Crippen molar-refractivity contribution < 1.29 is 9.53 Å². The van der Waals surface area contributed by atoms with Gasteiger partial charge in [0.25, 0.3) is 5.91 Å². The van der Waals surface area contributed by atoms with E-state index in [0.29, 0.717) is 11.7 Å². The number of rotatable bonds is 4. The van der Waals surface area contributed by atoms with E-state index in [4.69, 9.17) is 4.74 Å². The molecule has 0 saturated carbocycles. The molecule has 1 aliphatic heterocycles. The molecule has 0 spiro atoms. The van der Waals surface area contributed by atoms with Crippen LogP contribution in [0.15, 0.2) is 48.5 Å². The fraction of sp³-hybridized carbons (Fsp3) is 0.350. The molecule has 24 heavy (non-hydrogen) atoms. The standard InChI is InChI=1S/C20H24N2O2/c1-15-5-3-4-6-19(15)20(23)21-16-7-9-17(10-8-16)22-13-11-18(24-2)12-14-22/h3-10,18H,11-14H2,1-2H3,(H,21,23). The number of nitrogens with zero attached hydrogens (tertiary/aromatic N) is 1. The van der Waals surface area contributed by atoms with E-state index in [0.717, 1.165) is 37.2 Å². The molecule has 2 aromatic carbocycles. The molecule has 4 heteroatoms. The van der Waals surface area contributed by atoms with E-state index in [1.807, 2.05) is 43.3 Å². The second-order valence-electron chi connectivity index (χ2n) is 6.24. The van der Waals surface area contributed by atoms with E-state index in [9.17, 15) is 4.79 Å². The second kappa shape index (κ2) is 7.49. The summed E-state index contributed by atoms with van der Waals surface area (Å²) in [5.41, 5.74) is 3.70. The predicted octanol–water partition coefficient (Wildman–Crippen LogP) is 3.86. The monoisotopic (exact) mass is 324 g/mol. The van der Waals surface area contributed by atoms with Crippen molar-refractivity contribution in [3.05, 3.63) is 59.7 Å². The summed E-state index contributed by atoms with van der Waals surface area (Å²) in [6.07, 6.45) is 2.50. The predicted molar refractivity (Wildman–Crippen MR) is 97.8 cm³/mol. The van der Waals surface area contributed by atoms with Crippen LogP contribution >= 0.6 is 0 Å². The largest absolute Gasteiger partial charge is 0.381 e. The maximum absolute atomic E-state index is 12.4. The third-order valence-electron chi connectivity index (χ3n) is 4.66. The van der Waals surface area contributed by atoms with E-state index in [1.54, 1.807) is 7.11 Å². The number of benzene rings is 2. The molecule has 1 fully saturated rings. The summed E-state index contributed by atoms with van der Waals surface area (Å²) in [6.45, 7) is 3.96. The van der Waals surface area contributed by atoms with Gasteiger partial charge in [-0.25, -0.2) is 0 Å². The molecule has 0 aliphatic carbocycles. The van der Waals surface area contributed by atoms with E-state index >= 15 is 0 Å². The molecular weight excluding hydrogens is 300 g/mol. The molecule has 1 heterocycles. The quantitative estimate of drug-likeness (QED) is 0.928. The zero-order chi connectivity index (χ0) is 16.9. The van der Waals surface area contributed by atoms with Crippen LogP contribution in [0, 0.1) is 6.92 Å². The van der Waals surface area contributed by atoms with Crippen LogP contribution < -0.4 is 10.2 Å². The molecule has 3 rings (SSSR count). The average molecular weight is 324 g/mol. The molecule has 0 atom stereocenters. The molecule has 126 valence electrons. The SMILES string of the molecule is COC1CCN(c2ccc(NC(=O)c3ccccc3C)cc2)CC1. The van der Waals surface area contributed by atoms with Crippen LogP contribution in [0.4, 0.5) is 11.4 Å². The first-order chi connectivity index (χ1) is 11.7. The van der Waals surface area contributed by atoms with Gasteiger partial charge in [-0.3, -0.25) is 4.79 Å². The van der Waals surface area contributed by atoms with Gasteiger partial charge in [-0.05, 0) is 55.7 Å². The number of anilines is 2. The molecular formula is C20H24N2O2. The summed E-state index contributed by atoms with van der Waals surface area (Å²) in [4.78, 5) is 14.7. The maximum atomic E-state index is 12.4. The Morgan fingerprint density at radius 2 is 1.75 bits per heavy atom. The maximum Gasteiger partial charge on any atom is 0.255 e. The molecule has 1 amide bonds. The van der Waals surface area contributed by atoms with Crippen LogP contribution in [0.5, 0.6) is 0 Å². The third kappa shape index (κ3) is 3.77. The van der Waals surface area contributed by atoms with Crippen molar-refractivity contribution in [3.8, 4) is 0 Å². The van der Waals surface area contributed by atoms with Gasteiger partial charge in [-0.1, -0.05) is 18.2 Å². The molecule has 1 saturated heterocycles. The first-order valence-electron chi connectivity index (χ1n) is 8.42. The van der Waals surface area contributed by atoms with Crippen LogP contribution in [0.3, 0.4) is 0 Å². The molecule has 1 aliphatic rings. The minimum atomic E-state index is -0.0678. The van der Waals surface area contributed by atoms with Gasteiger partial charge in [0.1, 0.15) is 0 Å². The lowest BCUT2D eigenvalue weighted by Gasteiger charge is -2.33. The van der Waals surface area contributed by atoms with Crippen LogP contribution in [0.1, 0.15) is 28.8 Å². The molecule has 2 aromatic rings. The first-order valence-corrected chi connectivity index (χ1v) is 8.42. The van der Waals surface area contributed by atoms with Crippen molar-refractivity contribution in [2.24, 2.45) is 0 Å². The van der Waals surface area contributed by atoms with Crippen LogP contribution in [-0.2, 0) is 4.74 Å². The topological polar surface area (TPSA) is 41.6 Å². The highest BCUT2D eigenvalue weighted by molar-refractivity contribution is 6.05. The Hall–Kier alpha value is -2.33. The summed E-state index contributed by atoms with van der Waals surface area (Å²) < 4.78 is 5.42. The smallest absolute Gasteiger partial charge is 0.255 e. The molecule has 4 nitrogen and oxygen atoms in total. The van der Waals surface area contributed by atoms with Gasteiger partial charge in [-0.15, -0.1) is 0 Å². The second-order valence-corrected chi connectivity index (χ2v) is 6.24. The van der Waals surface area contributed by atoms with Crippen molar-refractivity contribution in [3.63, 3.8) is 0 Å². The number of methoxy groups -OCH3 is 1. The number of nitrogens with one attached hydrogen (secondary N) is 1. The number of piperidine rings is 1. The van der Waals surface area contributed by atoms with E-state index < -0.39 is 0 Å². The Labute approximate surface area is 143 Å². The molecule has 1 N–H and O–H groups in total. The van der Waals surface area contributed by atoms with Gasteiger partial charge in [0.05, 0.1) is 6.10 Å². The summed E-state index contributed by atoms with van der Waals surface area (Å²) in [5.74, 6) is -0.0678. The lowest BCUT2D eigenvalue weighted by molar-refractivity contribution is 0.0819. The van der Waals surface area contributed by atoms with E-state index in [1.165, 1.54) is 5.69 Å². The zero-order valence-corrected chi connectivity index (χ0v) is 14.3. The van der Waals surface area contributed by atoms with Gasteiger partial charge in [-0.2, -0.15) is 0 Å². The van der Waals surface area contributed by atoms with Crippen LogP contribution in [0.2, 0.25) is 0 Å². The number of amides is 1. The average Bonchev–Trinajstić information content (AvgIpc) is 2.63. The van der Waals surface area contributed by atoms with Crippen molar-refractivity contribution in [2.45, 2.75) is 25.9 Å².